The van der Waals surface area contributed by atoms with Gasteiger partial charge >= 0.3 is 0 Å². The van der Waals surface area contributed by atoms with Crippen LogP contribution in [0.1, 0.15) is 32.6 Å². The van der Waals surface area contributed by atoms with E-state index in [0.717, 1.165) is 26.9 Å². The third-order valence-electron chi connectivity index (χ3n) is 5.10. The predicted octanol–water partition coefficient (Wildman–Crippen LogP) is 5.30. The van der Waals surface area contributed by atoms with E-state index in [0.29, 0.717) is 22.8 Å². The highest BCUT2D eigenvalue weighted by Crippen LogP contribution is 2.33. The van der Waals surface area contributed by atoms with E-state index in [1.165, 1.54) is 17.6 Å². The van der Waals surface area contributed by atoms with Crippen LogP contribution in [-0.2, 0) is 22.1 Å². The van der Waals surface area contributed by atoms with Gasteiger partial charge in [0.1, 0.15) is 0 Å². The summed E-state index contributed by atoms with van der Waals surface area (Å²) in [6, 6.07) is 20.7. The minimum Gasteiger partial charge on any atom is -0.279 e. The van der Waals surface area contributed by atoms with Crippen molar-refractivity contribution in [2.75, 3.05) is 11.2 Å². The van der Waals surface area contributed by atoms with E-state index in [4.69, 9.17) is 4.98 Å². The van der Waals surface area contributed by atoms with Gasteiger partial charge < -0.3 is 0 Å². The Morgan fingerprint density at radius 2 is 1.66 bits per heavy atom. The zero-order valence-electron chi connectivity index (χ0n) is 18.2. The van der Waals surface area contributed by atoms with Gasteiger partial charge in [-0.15, -0.1) is 0 Å². The summed E-state index contributed by atoms with van der Waals surface area (Å²) in [6.45, 7) is 4.49. The molecule has 164 valence electrons. The van der Waals surface area contributed by atoms with E-state index < -0.39 is 9.84 Å². The molecular formula is C25H24N2O3S2. The van der Waals surface area contributed by atoms with E-state index in [2.05, 4.69) is 13.0 Å². The summed E-state index contributed by atoms with van der Waals surface area (Å²) < 4.78 is 24.2. The van der Waals surface area contributed by atoms with Crippen molar-refractivity contribution < 1.29 is 13.2 Å². The maximum absolute atomic E-state index is 13.5. The van der Waals surface area contributed by atoms with E-state index in [1.807, 2.05) is 43.3 Å². The highest BCUT2D eigenvalue weighted by atomic mass is 32.2. The molecule has 0 aliphatic rings. The number of nitrogens with zero attached hydrogens (tertiary/aromatic N) is 2. The molecule has 5 nitrogen and oxygen atoms in total. The lowest BCUT2D eigenvalue weighted by Gasteiger charge is -2.20. The minimum atomic E-state index is -3.14. The van der Waals surface area contributed by atoms with E-state index >= 15 is 0 Å². The van der Waals surface area contributed by atoms with Gasteiger partial charge in [0.15, 0.2) is 15.0 Å². The van der Waals surface area contributed by atoms with Crippen LogP contribution in [0.4, 0.5) is 5.13 Å². The van der Waals surface area contributed by atoms with Crippen LogP contribution in [0.3, 0.4) is 0 Å². The molecule has 0 atom stereocenters. The first kappa shape index (κ1) is 22.2. The van der Waals surface area contributed by atoms with E-state index in [9.17, 15) is 13.2 Å². The van der Waals surface area contributed by atoms with Gasteiger partial charge in [0.05, 0.1) is 22.5 Å². The molecule has 0 aliphatic heterocycles. The SMILES string of the molecule is Cc1cc(C)c2sc(N(Cc3ccccc3)C(=O)c3ccc(CS(C)(=O)=O)cc3)nc2c1. The summed E-state index contributed by atoms with van der Waals surface area (Å²) in [5.41, 5.74) is 5.31. The number of aromatic nitrogens is 1. The molecule has 0 aliphatic carbocycles. The summed E-state index contributed by atoms with van der Waals surface area (Å²) in [7, 11) is -3.14. The van der Waals surface area contributed by atoms with Crippen LogP contribution in [0.5, 0.6) is 0 Å². The van der Waals surface area contributed by atoms with E-state index in [1.54, 1.807) is 29.2 Å². The van der Waals surface area contributed by atoms with Gasteiger partial charge in [-0.2, -0.15) is 0 Å². The molecule has 1 heterocycles. The molecule has 0 saturated carbocycles. The maximum atomic E-state index is 13.5. The first-order valence-corrected chi connectivity index (χ1v) is 13.1. The highest BCUT2D eigenvalue weighted by molar-refractivity contribution is 7.89. The fourth-order valence-electron chi connectivity index (χ4n) is 3.67. The molecule has 0 N–H and O–H groups in total. The van der Waals surface area contributed by atoms with Gasteiger partial charge in [0.2, 0.25) is 0 Å². The number of aryl methyl sites for hydroxylation is 2. The first-order valence-electron chi connectivity index (χ1n) is 10.2. The molecule has 0 radical (unpaired) electrons. The van der Waals surface area contributed by atoms with Gasteiger partial charge in [-0.25, -0.2) is 13.4 Å². The maximum Gasteiger partial charge on any atom is 0.260 e. The van der Waals surface area contributed by atoms with Gasteiger partial charge in [-0.3, -0.25) is 9.69 Å². The minimum absolute atomic E-state index is 0.0499. The number of hydrogen-bond acceptors (Lipinski definition) is 5. The zero-order chi connectivity index (χ0) is 22.9. The summed E-state index contributed by atoms with van der Waals surface area (Å²) in [5, 5.41) is 0.641. The van der Waals surface area contributed by atoms with Crippen molar-refractivity contribution in [2.45, 2.75) is 26.1 Å². The van der Waals surface area contributed by atoms with Crippen molar-refractivity contribution in [1.82, 2.24) is 4.98 Å². The van der Waals surface area contributed by atoms with Crippen molar-refractivity contribution in [3.8, 4) is 0 Å². The second-order valence-corrected chi connectivity index (χ2v) is 11.2. The molecule has 0 unspecified atom stereocenters. The standard InChI is InChI=1S/C25H24N2O3S2/c1-17-13-18(2)23-22(14-17)26-25(31-23)27(15-19-7-5-4-6-8-19)24(28)21-11-9-20(10-12-21)16-32(3,29)30/h4-14H,15-16H2,1-3H3. The summed E-state index contributed by atoms with van der Waals surface area (Å²) in [4.78, 5) is 20.0. The number of rotatable bonds is 6. The molecule has 4 aromatic rings. The van der Waals surface area contributed by atoms with Crippen LogP contribution in [0.15, 0.2) is 66.7 Å². The molecule has 4 rings (SSSR count). The monoisotopic (exact) mass is 464 g/mol. The molecule has 0 saturated heterocycles. The number of amides is 1. The molecule has 1 amide bonds. The molecule has 7 heteroatoms. The highest BCUT2D eigenvalue weighted by Gasteiger charge is 2.22. The number of fused-ring (bicyclic) bond motifs is 1. The molecule has 0 spiro atoms. The van der Waals surface area contributed by atoms with Crippen LogP contribution in [0.2, 0.25) is 0 Å². The molecular weight excluding hydrogens is 440 g/mol. The van der Waals surface area contributed by atoms with Gasteiger partial charge in [-0.1, -0.05) is 59.9 Å². The molecule has 32 heavy (non-hydrogen) atoms. The Hall–Kier alpha value is -3.03. The number of carbonyl (C=O) groups is 1. The van der Waals surface area contributed by atoms with Crippen LogP contribution in [0.25, 0.3) is 10.2 Å². The smallest absolute Gasteiger partial charge is 0.260 e. The van der Waals surface area contributed by atoms with Crippen molar-refractivity contribution in [3.63, 3.8) is 0 Å². The Morgan fingerprint density at radius 1 is 0.969 bits per heavy atom. The number of benzene rings is 3. The Kier molecular flexibility index (Phi) is 6.13. The topological polar surface area (TPSA) is 67.3 Å². The molecule has 0 bridgehead atoms. The summed E-state index contributed by atoms with van der Waals surface area (Å²) >= 11 is 1.51. The Balaban J connectivity index is 1.72. The Labute approximate surface area is 192 Å². The van der Waals surface area contributed by atoms with Gasteiger partial charge in [-0.05, 0) is 54.3 Å². The lowest BCUT2D eigenvalue weighted by Crippen LogP contribution is -2.30. The second kappa shape index (κ2) is 8.84. The quantitative estimate of drug-likeness (QED) is 0.388. The van der Waals surface area contributed by atoms with Crippen LogP contribution in [0, 0.1) is 13.8 Å². The zero-order valence-corrected chi connectivity index (χ0v) is 19.8. The molecule has 1 aromatic heterocycles. The number of thiazole rings is 1. The average molecular weight is 465 g/mol. The third-order valence-corrected chi connectivity index (χ3v) is 7.19. The first-order chi connectivity index (χ1) is 15.2. The van der Waals surface area contributed by atoms with Crippen LogP contribution >= 0.6 is 11.3 Å². The van der Waals surface area contributed by atoms with Crippen LogP contribution < -0.4 is 4.90 Å². The lowest BCUT2D eigenvalue weighted by atomic mass is 10.1. The number of anilines is 1. The Bertz CT molecular complexity index is 1380. The van der Waals surface area contributed by atoms with Crippen molar-refractivity contribution >= 4 is 42.4 Å². The largest absolute Gasteiger partial charge is 0.279 e. The van der Waals surface area contributed by atoms with E-state index in [-0.39, 0.29) is 11.7 Å². The second-order valence-electron chi connectivity index (χ2n) is 8.07. The summed E-state index contributed by atoms with van der Waals surface area (Å²) in [6.07, 6.45) is 1.20. The molecule has 0 fully saturated rings. The van der Waals surface area contributed by atoms with Gasteiger partial charge in [0.25, 0.3) is 5.91 Å². The average Bonchev–Trinajstić information content (AvgIpc) is 3.16. The van der Waals surface area contributed by atoms with Gasteiger partial charge in [0, 0.05) is 11.8 Å². The van der Waals surface area contributed by atoms with Crippen molar-refractivity contribution in [1.29, 1.82) is 0 Å². The van der Waals surface area contributed by atoms with Crippen molar-refractivity contribution in [2.24, 2.45) is 0 Å². The van der Waals surface area contributed by atoms with Crippen molar-refractivity contribution in [3.05, 3.63) is 94.5 Å². The number of carbonyl (C=O) groups excluding carboxylic acids is 1. The Morgan fingerprint density at radius 3 is 2.31 bits per heavy atom. The fourth-order valence-corrected chi connectivity index (χ4v) is 5.49. The normalized spacial score (nSPS) is 11.6. The third kappa shape index (κ3) is 5.06. The van der Waals surface area contributed by atoms with Crippen LogP contribution in [-0.4, -0.2) is 25.6 Å². The fraction of sp³-hybridized carbons (Fsp3) is 0.200. The summed E-state index contributed by atoms with van der Waals surface area (Å²) in [5.74, 6) is -0.223. The predicted molar refractivity (Wildman–Crippen MR) is 131 cm³/mol. The number of hydrogen-bond donors (Lipinski definition) is 0. The molecule has 3 aromatic carbocycles. The lowest BCUT2D eigenvalue weighted by molar-refractivity contribution is 0.0985. The number of sulfone groups is 1.